The van der Waals surface area contributed by atoms with Gasteiger partial charge in [-0.1, -0.05) is 19.1 Å². The first-order valence-corrected chi connectivity index (χ1v) is 7.17. The lowest BCUT2D eigenvalue weighted by atomic mass is 10.0. The van der Waals surface area contributed by atoms with Gasteiger partial charge in [0.05, 0.1) is 6.10 Å². The molecular formula is C16H27ClN2O3. The van der Waals surface area contributed by atoms with E-state index in [9.17, 15) is 9.90 Å². The molecule has 0 aliphatic carbocycles. The van der Waals surface area contributed by atoms with Crippen molar-refractivity contribution < 1.29 is 14.6 Å². The Balaban J connectivity index is 0.00000441. The van der Waals surface area contributed by atoms with Gasteiger partial charge in [0, 0.05) is 26.2 Å². The minimum absolute atomic E-state index is 0. The summed E-state index contributed by atoms with van der Waals surface area (Å²) >= 11 is 0. The van der Waals surface area contributed by atoms with Gasteiger partial charge < -0.3 is 20.1 Å². The zero-order chi connectivity index (χ0) is 16.0. The standard InChI is InChI=1S/C16H26N2O3.ClH/c1-6-16(2,3)17-11-14(19)12-7-9-13(10-8-12)21-15(20)18(4)5;/h7-10,14,17,19H,6,11H2,1-5H3;1H. The van der Waals surface area contributed by atoms with E-state index in [1.54, 1.807) is 38.4 Å². The molecular weight excluding hydrogens is 304 g/mol. The van der Waals surface area contributed by atoms with E-state index in [0.717, 1.165) is 12.0 Å². The van der Waals surface area contributed by atoms with Crippen LogP contribution in [0.1, 0.15) is 38.9 Å². The number of aliphatic hydroxyl groups is 1. The maximum atomic E-state index is 11.4. The molecule has 0 aromatic heterocycles. The molecule has 0 spiro atoms. The number of β-amino-alcohol motifs (C(OH)–C–C–N with tert-alkyl or cyclic N) is 1. The number of hydrogen-bond donors (Lipinski definition) is 2. The highest BCUT2D eigenvalue weighted by atomic mass is 35.5. The number of hydrogen-bond acceptors (Lipinski definition) is 4. The summed E-state index contributed by atoms with van der Waals surface area (Å²) < 4.78 is 5.13. The first kappa shape index (κ1) is 20.7. The number of halogens is 1. The SMILES string of the molecule is CCC(C)(C)NCC(O)c1ccc(OC(=O)N(C)C)cc1.Cl. The van der Waals surface area contributed by atoms with Crippen molar-refractivity contribution in [3.63, 3.8) is 0 Å². The molecule has 0 aliphatic rings. The smallest absolute Gasteiger partial charge is 0.410 e. The lowest BCUT2D eigenvalue weighted by Crippen LogP contribution is -2.40. The molecule has 5 nitrogen and oxygen atoms in total. The van der Waals surface area contributed by atoms with Gasteiger partial charge in [0.2, 0.25) is 0 Å². The number of aliphatic hydroxyl groups excluding tert-OH is 1. The fraction of sp³-hybridized carbons (Fsp3) is 0.562. The monoisotopic (exact) mass is 330 g/mol. The van der Waals surface area contributed by atoms with E-state index in [0.29, 0.717) is 12.3 Å². The Labute approximate surface area is 139 Å². The second-order valence-electron chi connectivity index (χ2n) is 5.97. The highest BCUT2D eigenvalue weighted by Crippen LogP contribution is 2.19. The van der Waals surface area contributed by atoms with Crippen molar-refractivity contribution in [2.45, 2.75) is 38.8 Å². The Morgan fingerprint density at radius 3 is 2.32 bits per heavy atom. The van der Waals surface area contributed by atoms with Crippen molar-refractivity contribution in [2.24, 2.45) is 0 Å². The van der Waals surface area contributed by atoms with Crippen LogP contribution in [0, 0.1) is 0 Å². The average Bonchev–Trinajstić information content (AvgIpc) is 2.45. The third kappa shape index (κ3) is 6.64. The molecule has 2 N–H and O–H groups in total. The molecule has 0 aliphatic heterocycles. The van der Waals surface area contributed by atoms with Crippen LogP contribution in [0.15, 0.2) is 24.3 Å². The zero-order valence-electron chi connectivity index (χ0n) is 13.9. The number of nitrogens with zero attached hydrogens (tertiary/aromatic N) is 1. The summed E-state index contributed by atoms with van der Waals surface area (Å²) in [6.45, 7) is 6.79. The van der Waals surface area contributed by atoms with Crippen molar-refractivity contribution in [1.82, 2.24) is 10.2 Å². The normalized spacial score (nSPS) is 12.3. The maximum absolute atomic E-state index is 11.4. The van der Waals surface area contributed by atoms with Crippen molar-refractivity contribution in [1.29, 1.82) is 0 Å². The molecule has 1 aromatic carbocycles. The molecule has 0 heterocycles. The highest BCUT2D eigenvalue weighted by molar-refractivity contribution is 5.85. The molecule has 1 aromatic rings. The molecule has 1 unspecified atom stereocenters. The fourth-order valence-corrected chi connectivity index (χ4v) is 1.57. The van der Waals surface area contributed by atoms with Gasteiger partial charge in [-0.15, -0.1) is 12.4 Å². The quantitative estimate of drug-likeness (QED) is 0.841. The summed E-state index contributed by atoms with van der Waals surface area (Å²) in [4.78, 5) is 12.8. The van der Waals surface area contributed by atoms with E-state index in [1.807, 2.05) is 0 Å². The van der Waals surface area contributed by atoms with Gasteiger partial charge in [-0.2, -0.15) is 0 Å². The van der Waals surface area contributed by atoms with Crippen LogP contribution in [-0.4, -0.2) is 42.3 Å². The molecule has 0 saturated heterocycles. The van der Waals surface area contributed by atoms with Gasteiger partial charge in [0.25, 0.3) is 0 Å². The number of amides is 1. The summed E-state index contributed by atoms with van der Waals surface area (Å²) in [6, 6.07) is 6.91. The largest absolute Gasteiger partial charge is 0.414 e. The predicted octanol–water partition coefficient (Wildman–Crippen LogP) is 2.98. The van der Waals surface area contributed by atoms with Crippen molar-refractivity contribution in [3.05, 3.63) is 29.8 Å². The third-order valence-electron chi connectivity index (χ3n) is 3.49. The molecule has 0 saturated carbocycles. The maximum Gasteiger partial charge on any atom is 0.414 e. The Morgan fingerprint density at radius 2 is 1.86 bits per heavy atom. The Kier molecular flexibility index (Phi) is 8.45. The summed E-state index contributed by atoms with van der Waals surface area (Å²) in [5.74, 6) is 0.464. The lowest BCUT2D eigenvalue weighted by molar-refractivity contribution is 0.160. The van der Waals surface area contributed by atoms with Crippen LogP contribution in [0.2, 0.25) is 0 Å². The summed E-state index contributed by atoms with van der Waals surface area (Å²) in [5.41, 5.74) is 0.793. The molecule has 126 valence electrons. The van der Waals surface area contributed by atoms with Crippen LogP contribution in [0.5, 0.6) is 5.75 Å². The fourth-order valence-electron chi connectivity index (χ4n) is 1.57. The number of benzene rings is 1. The van der Waals surface area contributed by atoms with E-state index in [-0.39, 0.29) is 17.9 Å². The summed E-state index contributed by atoms with van der Waals surface area (Å²) in [6.07, 6.45) is -0.0248. The predicted molar refractivity (Wildman–Crippen MR) is 90.7 cm³/mol. The summed E-state index contributed by atoms with van der Waals surface area (Å²) in [7, 11) is 3.25. The van der Waals surface area contributed by atoms with E-state index in [1.165, 1.54) is 4.90 Å². The first-order chi connectivity index (χ1) is 9.75. The number of nitrogens with one attached hydrogen (secondary N) is 1. The molecule has 1 rings (SSSR count). The van der Waals surface area contributed by atoms with Gasteiger partial charge in [0.1, 0.15) is 5.75 Å². The molecule has 0 radical (unpaired) electrons. The van der Waals surface area contributed by atoms with E-state index in [2.05, 4.69) is 26.1 Å². The Hall–Kier alpha value is -1.30. The molecule has 1 atom stereocenters. The molecule has 6 heteroatoms. The van der Waals surface area contributed by atoms with E-state index in [4.69, 9.17) is 4.74 Å². The van der Waals surface area contributed by atoms with Gasteiger partial charge in [-0.3, -0.25) is 0 Å². The van der Waals surface area contributed by atoms with Crippen LogP contribution >= 0.6 is 12.4 Å². The second kappa shape index (κ2) is 8.98. The van der Waals surface area contributed by atoms with Crippen molar-refractivity contribution in [3.8, 4) is 5.75 Å². The van der Waals surface area contributed by atoms with Crippen molar-refractivity contribution in [2.75, 3.05) is 20.6 Å². The number of carbonyl (C=O) groups excluding carboxylic acids is 1. The number of ether oxygens (including phenoxy) is 1. The van der Waals surface area contributed by atoms with Crippen molar-refractivity contribution >= 4 is 18.5 Å². The first-order valence-electron chi connectivity index (χ1n) is 7.17. The van der Waals surface area contributed by atoms with Gasteiger partial charge >= 0.3 is 6.09 Å². The minimum atomic E-state index is -0.588. The third-order valence-corrected chi connectivity index (χ3v) is 3.49. The van der Waals surface area contributed by atoms with Crippen LogP contribution in [0.4, 0.5) is 4.79 Å². The Morgan fingerprint density at radius 1 is 1.32 bits per heavy atom. The zero-order valence-corrected chi connectivity index (χ0v) is 14.7. The number of rotatable bonds is 6. The van der Waals surface area contributed by atoms with E-state index < -0.39 is 12.2 Å². The van der Waals surface area contributed by atoms with Gasteiger partial charge in [-0.25, -0.2) is 4.79 Å². The molecule has 0 fully saturated rings. The van der Waals surface area contributed by atoms with E-state index >= 15 is 0 Å². The highest BCUT2D eigenvalue weighted by Gasteiger charge is 2.17. The minimum Gasteiger partial charge on any atom is -0.410 e. The lowest BCUT2D eigenvalue weighted by Gasteiger charge is -2.26. The Bertz CT molecular complexity index is 461. The van der Waals surface area contributed by atoms with Crippen LogP contribution in [-0.2, 0) is 0 Å². The van der Waals surface area contributed by atoms with Crippen LogP contribution in [0.3, 0.4) is 0 Å². The average molecular weight is 331 g/mol. The van der Waals surface area contributed by atoms with Crippen LogP contribution in [0.25, 0.3) is 0 Å². The molecule has 22 heavy (non-hydrogen) atoms. The molecule has 1 amide bonds. The van der Waals surface area contributed by atoms with Crippen LogP contribution < -0.4 is 10.1 Å². The number of carbonyl (C=O) groups is 1. The topological polar surface area (TPSA) is 61.8 Å². The van der Waals surface area contributed by atoms with Gasteiger partial charge in [0.15, 0.2) is 0 Å². The second-order valence-corrected chi connectivity index (χ2v) is 5.97. The molecule has 0 bridgehead atoms. The van der Waals surface area contributed by atoms with Gasteiger partial charge in [-0.05, 0) is 38.0 Å². The summed E-state index contributed by atoms with van der Waals surface area (Å²) in [5, 5.41) is 13.5.